The topological polar surface area (TPSA) is 106 Å². The van der Waals surface area contributed by atoms with E-state index >= 15 is 0 Å². The van der Waals surface area contributed by atoms with E-state index in [9.17, 15) is 14.0 Å². The van der Waals surface area contributed by atoms with E-state index in [4.69, 9.17) is 32.7 Å². The molecular formula is C27H26Cl2FN5O4. The maximum atomic E-state index is 14.8. The summed E-state index contributed by atoms with van der Waals surface area (Å²) in [6, 6.07) is 6.42. The lowest BCUT2D eigenvalue weighted by Gasteiger charge is -2.38. The minimum Gasteiger partial charge on any atom is -0.486 e. The summed E-state index contributed by atoms with van der Waals surface area (Å²) in [5.41, 5.74) is 0.571. The van der Waals surface area contributed by atoms with Crippen molar-refractivity contribution in [1.29, 1.82) is 0 Å². The molecule has 204 valence electrons. The van der Waals surface area contributed by atoms with Crippen LogP contribution in [0.4, 0.5) is 15.9 Å². The summed E-state index contributed by atoms with van der Waals surface area (Å²) in [4.78, 5) is 34.8. The van der Waals surface area contributed by atoms with Crippen molar-refractivity contribution in [2.45, 2.75) is 43.9 Å². The van der Waals surface area contributed by atoms with E-state index in [2.05, 4.69) is 27.2 Å². The van der Waals surface area contributed by atoms with Gasteiger partial charge in [-0.05, 0) is 37.1 Å². The van der Waals surface area contributed by atoms with Crippen LogP contribution in [0.15, 0.2) is 43.2 Å². The van der Waals surface area contributed by atoms with Crippen LogP contribution in [-0.4, -0.2) is 58.5 Å². The van der Waals surface area contributed by atoms with Gasteiger partial charge in [0, 0.05) is 43.4 Å². The van der Waals surface area contributed by atoms with Crippen molar-refractivity contribution in [1.82, 2.24) is 20.2 Å². The first-order valence-corrected chi connectivity index (χ1v) is 13.2. The lowest BCUT2D eigenvalue weighted by molar-refractivity contribution is -0.131. The Balaban J connectivity index is 1.48. The van der Waals surface area contributed by atoms with Crippen LogP contribution in [0.5, 0.6) is 11.5 Å². The number of carbonyl (C=O) groups excluding carboxylic acids is 2. The van der Waals surface area contributed by atoms with Gasteiger partial charge in [0.1, 0.15) is 18.2 Å². The van der Waals surface area contributed by atoms with Crippen molar-refractivity contribution in [3.05, 3.63) is 59.1 Å². The zero-order valence-corrected chi connectivity index (χ0v) is 22.6. The fourth-order valence-electron chi connectivity index (χ4n) is 5.20. The number of anilines is 2. The van der Waals surface area contributed by atoms with Crippen LogP contribution in [0.1, 0.15) is 25.7 Å². The smallest absolute Gasteiger partial charge is 0.257 e. The maximum Gasteiger partial charge on any atom is 0.257 e. The predicted octanol–water partition coefficient (Wildman–Crippen LogP) is 5.03. The monoisotopic (exact) mass is 573 g/mol. The predicted molar refractivity (Wildman–Crippen MR) is 146 cm³/mol. The molecule has 0 spiro atoms. The van der Waals surface area contributed by atoms with Gasteiger partial charge < -0.3 is 25.0 Å². The molecule has 2 unspecified atom stereocenters. The molecule has 0 aliphatic carbocycles. The van der Waals surface area contributed by atoms with Crippen molar-refractivity contribution < 1.29 is 23.5 Å². The normalized spacial score (nSPS) is 20.0. The Morgan fingerprint density at radius 1 is 1.18 bits per heavy atom. The third kappa shape index (κ3) is 5.44. The second kappa shape index (κ2) is 11.2. The third-order valence-corrected chi connectivity index (χ3v) is 7.82. The molecule has 0 saturated carbocycles. The van der Waals surface area contributed by atoms with Crippen LogP contribution in [0, 0.1) is 5.82 Å². The van der Waals surface area contributed by atoms with Crippen molar-refractivity contribution in [3.8, 4) is 11.5 Å². The van der Waals surface area contributed by atoms with Gasteiger partial charge in [0.05, 0.1) is 21.2 Å². The zero-order chi connectivity index (χ0) is 27.7. The number of fused-ring (bicyclic) bond motifs is 3. The third-order valence-electron chi connectivity index (χ3n) is 7.04. The van der Waals surface area contributed by atoms with Gasteiger partial charge in [-0.3, -0.25) is 9.59 Å². The number of benzene rings is 2. The molecule has 2 saturated heterocycles. The number of halogens is 3. The van der Waals surface area contributed by atoms with Crippen LogP contribution in [-0.2, 0) is 9.59 Å². The van der Waals surface area contributed by atoms with Crippen molar-refractivity contribution in [2.75, 3.05) is 19.0 Å². The Labute approximate surface area is 234 Å². The standard InChI is InChI=1S/C27H26Cl2FN5O4/c1-3-24(37)35-14-4-5-15(35)9-16(8-14)39-22-10-17-20(11-21(22)38-12-23(36)31-2)32-13-33-27(17)34-19-7-6-18(28)25(29)26(19)30/h3,6-7,10-11,13-16H,1,4-5,8-9,12H2,2H3,(H,31,36)(H,32,33,34). The molecule has 12 heteroatoms. The summed E-state index contributed by atoms with van der Waals surface area (Å²) in [5.74, 6) is -0.0694. The number of likely N-dealkylation sites (N-methyl/N-ethyl adjacent to an activating group) is 1. The van der Waals surface area contributed by atoms with Gasteiger partial charge in [-0.1, -0.05) is 29.8 Å². The molecule has 0 radical (unpaired) electrons. The molecule has 1 aromatic heterocycles. The van der Waals surface area contributed by atoms with Crippen molar-refractivity contribution in [2.24, 2.45) is 0 Å². The number of amides is 2. The molecule has 2 atom stereocenters. The summed E-state index contributed by atoms with van der Waals surface area (Å²) < 4.78 is 27.0. The zero-order valence-electron chi connectivity index (χ0n) is 21.0. The van der Waals surface area contributed by atoms with E-state index in [1.807, 2.05) is 4.90 Å². The highest BCUT2D eigenvalue weighted by molar-refractivity contribution is 6.42. The Bertz CT molecular complexity index is 1440. The van der Waals surface area contributed by atoms with Gasteiger partial charge >= 0.3 is 0 Å². The molecule has 2 aromatic carbocycles. The number of carbonyl (C=O) groups is 2. The summed E-state index contributed by atoms with van der Waals surface area (Å²) in [5, 5.41) is 5.91. The van der Waals surface area contributed by atoms with Crippen molar-refractivity contribution in [3.63, 3.8) is 0 Å². The lowest BCUT2D eigenvalue weighted by atomic mass is 9.99. The fourth-order valence-corrected chi connectivity index (χ4v) is 5.51. The van der Waals surface area contributed by atoms with Gasteiger partial charge in [-0.15, -0.1) is 0 Å². The molecule has 3 aromatic rings. The number of hydrogen-bond acceptors (Lipinski definition) is 7. The highest BCUT2D eigenvalue weighted by Crippen LogP contribution is 2.41. The van der Waals surface area contributed by atoms with Crippen LogP contribution < -0.4 is 20.1 Å². The van der Waals surface area contributed by atoms with Gasteiger partial charge in [0.25, 0.3) is 5.91 Å². The minimum atomic E-state index is -0.714. The number of nitrogens with one attached hydrogen (secondary N) is 2. The number of hydrogen-bond donors (Lipinski definition) is 2. The number of ether oxygens (including phenoxy) is 2. The average molecular weight is 574 g/mol. The molecule has 2 N–H and O–H groups in total. The number of piperidine rings is 1. The molecule has 2 bridgehead atoms. The van der Waals surface area contributed by atoms with Crippen LogP contribution in [0.2, 0.25) is 10.0 Å². The average Bonchev–Trinajstić information content (AvgIpc) is 3.21. The first-order valence-electron chi connectivity index (χ1n) is 12.4. The summed E-state index contributed by atoms with van der Waals surface area (Å²) in [6.07, 6.45) is 5.59. The van der Waals surface area contributed by atoms with E-state index in [0.717, 1.165) is 12.8 Å². The second-order valence-electron chi connectivity index (χ2n) is 9.39. The Hall–Kier alpha value is -3.63. The molecule has 2 aliphatic heterocycles. The summed E-state index contributed by atoms with van der Waals surface area (Å²) in [7, 11) is 1.52. The molecule has 3 heterocycles. The summed E-state index contributed by atoms with van der Waals surface area (Å²) in [6.45, 7) is 3.41. The SMILES string of the molecule is C=CC(=O)N1C2CCC1CC(Oc1cc3c(Nc4ccc(Cl)c(Cl)c4F)ncnc3cc1OCC(=O)NC)C2. The Kier molecular flexibility index (Phi) is 7.76. The molecule has 2 fully saturated rings. The molecule has 2 amide bonds. The highest BCUT2D eigenvalue weighted by atomic mass is 35.5. The second-order valence-corrected chi connectivity index (χ2v) is 10.2. The summed E-state index contributed by atoms with van der Waals surface area (Å²) >= 11 is 11.9. The van der Waals surface area contributed by atoms with E-state index in [0.29, 0.717) is 41.1 Å². The van der Waals surface area contributed by atoms with E-state index in [1.165, 1.54) is 31.6 Å². The minimum absolute atomic E-state index is 0.0631. The van der Waals surface area contributed by atoms with Gasteiger partial charge in [-0.25, -0.2) is 14.4 Å². The van der Waals surface area contributed by atoms with Crippen molar-refractivity contribution >= 4 is 57.4 Å². The lowest BCUT2D eigenvalue weighted by Crippen LogP contribution is -2.48. The van der Waals surface area contributed by atoms with E-state index in [-0.39, 0.29) is 52.3 Å². The highest BCUT2D eigenvalue weighted by Gasteiger charge is 2.43. The first kappa shape index (κ1) is 27.0. The molecule has 39 heavy (non-hydrogen) atoms. The van der Waals surface area contributed by atoms with Crippen LogP contribution in [0.3, 0.4) is 0 Å². The Morgan fingerprint density at radius 3 is 2.62 bits per heavy atom. The first-order chi connectivity index (χ1) is 18.8. The number of aromatic nitrogens is 2. The van der Waals surface area contributed by atoms with Crippen LogP contribution >= 0.6 is 23.2 Å². The quantitative estimate of drug-likeness (QED) is 0.287. The van der Waals surface area contributed by atoms with E-state index in [1.54, 1.807) is 12.1 Å². The molecular weight excluding hydrogens is 548 g/mol. The fraction of sp³-hybridized carbons (Fsp3) is 0.333. The van der Waals surface area contributed by atoms with E-state index < -0.39 is 5.82 Å². The maximum absolute atomic E-state index is 14.8. The molecule has 2 aliphatic rings. The number of rotatable bonds is 8. The van der Waals surface area contributed by atoms with Gasteiger partial charge in [-0.2, -0.15) is 0 Å². The molecule has 9 nitrogen and oxygen atoms in total. The van der Waals surface area contributed by atoms with Gasteiger partial charge in [0.2, 0.25) is 5.91 Å². The van der Waals surface area contributed by atoms with Gasteiger partial charge in [0.15, 0.2) is 23.9 Å². The largest absolute Gasteiger partial charge is 0.486 e. The number of nitrogens with zero attached hydrogens (tertiary/aromatic N) is 3. The Morgan fingerprint density at radius 2 is 1.92 bits per heavy atom. The molecule has 5 rings (SSSR count). The van der Waals surface area contributed by atoms with Crippen LogP contribution in [0.25, 0.3) is 10.9 Å².